The molecule has 54 heavy (non-hydrogen) atoms. The van der Waals surface area contributed by atoms with Crippen LogP contribution >= 0.6 is 0 Å². The van der Waals surface area contributed by atoms with Crippen molar-refractivity contribution in [2.75, 3.05) is 6.61 Å². The molecule has 0 saturated heterocycles. The van der Waals surface area contributed by atoms with Crippen molar-refractivity contribution in [2.45, 2.75) is 322 Å². The molecule has 0 aromatic heterocycles. The van der Waals surface area contributed by atoms with Crippen LogP contribution in [0.15, 0.2) is 0 Å². The third-order valence-electron chi connectivity index (χ3n) is 12.2. The topological polar surface area (TPSA) is 26.3 Å². The molecular formula is C52H104O2. The molecule has 0 atom stereocenters. The SMILES string of the molecule is CCCCCCCCCCCCCCCCCCCCCCCCCCCCCCCCC(=O)OCCCCCCCCCCCCCCCCCCC. The predicted molar refractivity (Wildman–Crippen MR) is 244 cm³/mol. The van der Waals surface area contributed by atoms with Crippen molar-refractivity contribution in [1.29, 1.82) is 0 Å². The van der Waals surface area contributed by atoms with Crippen LogP contribution in [0.4, 0.5) is 0 Å². The van der Waals surface area contributed by atoms with Crippen LogP contribution in [0.2, 0.25) is 0 Å². The van der Waals surface area contributed by atoms with Crippen LogP contribution in [0, 0.1) is 0 Å². The van der Waals surface area contributed by atoms with E-state index < -0.39 is 0 Å². The van der Waals surface area contributed by atoms with E-state index in [-0.39, 0.29) is 5.97 Å². The van der Waals surface area contributed by atoms with Crippen molar-refractivity contribution in [2.24, 2.45) is 0 Å². The van der Waals surface area contributed by atoms with Gasteiger partial charge in [-0.25, -0.2) is 0 Å². The average Bonchev–Trinajstić information content (AvgIpc) is 3.18. The minimum absolute atomic E-state index is 0.0340. The summed E-state index contributed by atoms with van der Waals surface area (Å²) in [7, 11) is 0. The fourth-order valence-electron chi connectivity index (χ4n) is 8.38. The monoisotopic (exact) mass is 761 g/mol. The fourth-order valence-corrected chi connectivity index (χ4v) is 8.38. The Balaban J connectivity index is 3.13. The van der Waals surface area contributed by atoms with Gasteiger partial charge < -0.3 is 4.74 Å². The van der Waals surface area contributed by atoms with Gasteiger partial charge in [0.25, 0.3) is 0 Å². The molecule has 0 rings (SSSR count). The van der Waals surface area contributed by atoms with Crippen LogP contribution < -0.4 is 0 Å². The molecule has 0 aliphatic heterocycles. The molecule has 0 spiro atoms. The lowest BCUT2D eigenvalue weighted by Gasteiger charge is -2.06. The van der Waals surface area contributed by atoms with Crippen molar-refractivity contribution < 1.29 is 9.53 Å². The Morgan fingerprint density at radius 3 is 0.611 bits per heavy atom. The van der Waals surface area contributed by atoms with E-state index >= 15 is 0 Å². The standard InChI is InChI=1S/C52H104O2/c1-3-5-7-9-11-13-15-17-19-21-22-23-24-25-26-27-28-29-30-31-32-33-34-36-38-40-42-44-46-48-50-52(53)54-51-49-47-45-43-41-39-37-35-20-18-16-14-12-10-8-6-4-2/h3-51H2,1-2H3. The molecule has 0 saturated carbocycles. The minimum Gasteiger partial charge on any atom is -0.466 e. The number of carbonyl (C=O) groups is 1. The summed E-state index contributed by atoms with van der Waals surface area (Å²) in [4.78, 5) is 12.1. The lowest BCUT2D eigenvalue weighted by Crippen LogP contribution is -2.05. The van der Waals surface area contributed by atoms with E-state index in [1.54, 1.807) is 0 Å². The maximum Gasteiger partial charge on any atom is 0.305 e. The van der Waals surface area contributed by atoms with E-state index in [0.29, 0.717) is 13.0 Å². The molecule has 0 bridgehead atoms. The summed E-state index contributed by atoms with van der Waals surface area (Å²) in [5.41, 5.74) is 0. The van der Waals surface area contributed by atoms with Crippen LogP contribution in [-0.4, -0.2) is 12.6 Å². The van der Waals surface area contributed by atoms with Gasteiger partial charge in [0.15, 0.2) is 0 Å². The van der Waals surface area contributed by atoms with Gasteiger partial charge in [-0.3, -0.25) is 4.79 Å². The van der Waals surface area contributed by atoms with Gasteiger partial charge in [-0.15, -0.1) is 0 Å². The summed E-state index contributed by atoms with van der Waals surface area (Å²) >= 11 is 0. The van der Waals surface area contributed by atoms with E-state index in [1.165, 1.54) is 289 Å². The lowest BCUT2D eigenvalue weighted by molar-refractivity contribution is -0.143. The maximum atomic E-state index is 12.1. The summed E-state index contributed by atoms with van der Waals surface area (Å²) in [6.45, 7) is 5.24. The van der Waals surface area contributed by atoms with E-state index in [9.17, 15) is 4.79 Å². The molecule has 0 unspecified atom stereocenters. The second-order valence-corrected chi connectivity index (χ2v) is 17.9. The Hall–Kier alpha value is -0.530. The van der Waals surface area contributed by atoms with Gasteiger partial charge in [-0.1, -0.05) is 303 Å². The zero-order valence-electron chi connectivity index (χ0n) is 38.0. The Bertz CT molecular complexity index is 659. The van der Waals surface area contributed by atoms with Crippen molar-refractivity contribution in [1.82, 2.24) is 0 Å². The molecule has 0 amide bonds. The Morgan fingerprint density at radius 1 is 0.241 bits per heavy atom. The summed E-state index contributed by atoms with van der Waals surface area (Å²) in [6, 6.07) is 0. The lowest BCUT2D eigenvalue weighted by atomic mass is 10.0. The first-order valence-corrected chi connectivity index (χ1v) is 26.0. The molecule has 0 radical (unpaired) electrons. The fraction of sp³-hybridized carbons (Fsp3) is 0.981. The largest absolute Gasteiger partial charge is 0.466 e. The van der Waals surface area contributed by atoms with Crippen LogP contribution in [0.1, 0.15) is 322 Å². The maximum absolute atomic E-state index is 12.1. The molecule has 2 heteroatoms. The van der Waals surface area contributed by atoms with Crippen molar-refractivity contribution in [3.05, 3.63) is 0 Å². The van der Waals surface area contributed by atoms with Crippen molar-refractivity contribution >= 4 is 5.97 Å². The highest BCUT2D eigenvalue weighted by molar-refractivity contribution is 5.69. The second-order valence-electron chi connectivity index (χ2n) is 17.9. The molecular weight excluding hydrogens is 657 g/mol. The highest BCUT2D eigenvalue weighted by Crippen LogP contribution is 2.18. The third kappa shape index (κ3) is 49.5. The van der Waals surface area contributed by atoms with Gasteiger partial charge in [0.1, 0.15) is 0 Å². The van der Waals surface area contributed by atoms with E-state index in [0.717, 1.165) is 12.8 Å². The summed E-state index contributed by atoms with van der Waals surface area (Å²) < 4.78 is 5.49. The Morgan fingerprint density at radius 2 is 0.407 bits per heavy atom. The first-order chi connectivity index (χ1) is 26.8. The van der Waals surface area contributed by atoms with Crippen LogP contribution in [0.25, 0.3) is 0 Å². The van der Waals surface area contributed by atoms with Crippen LogP contribution in [0.5, 0.6) is 0 Å². The highest BCUT2D eigenvalue weighted by Gasteiger charge is 2.03. The number of hydrogen-bond donors (Lipinski definition) is 0. The Kier molecular flexibility index (Phi) is 50.0. The predicted octanol–water partition coefficient (Wildman–Crippen LogP) is 19.3. The summed E-state index contributed by atoms with van der Waals surface area (Å²) in [5, 5.41) is 0. The molecule has 0 fully saturated rings. The smallest absolute Gasteiger partial charge is 0.305 e. The summed E-state index contributed by atoms with van der Waals surface area (Å²) in [5.74, 6) is 0.0340. The molecule has 0 aromatic rings. The molecule has 0 aliphatic carbocycles. The van der Waals surface area contributed by atoms with Gasteiger partial charge in [-0.05, 0) is 12.8 Å². The number of esters is 1. The van der Waals surface area contributed by atoms with Gasteiger partial charge in [-0.2, -0.15) is 0 Å². The Labute approximate surface area is 343 Å². The van der Waals surface area contributed by atoms with Gasteiger partial charge >= 0.3 is 5.97 Å². The molecule has 324 valence electrons. The average molecular weight is 761 g/mol. The molecule has 0 heterocycles. The number of unbranched alkanes of at least 4 members (excludes halogenated alkanes) is 45. The zero-order chi connectivity index (χ0) is 38.9. The number of rotatable bonds is 49. The van der Waals surface area contributed by atoms with Gasteiger partial charge in [0.05, 0.1) is 6.61 Å². The van der Waals surface area contributed by atoms with E-state index in [1.807, 2.05) is 0 Å². The van der Waals surface area contributed by atoms with Crippen LogP contribution in [-0.2, 0) is 9.53 Å². The number of carbonyl (C=O) groups excluding carboxylic acids is 1. The highest BCUT2D eigenvalue weighted by atomic mass is 16.5. The minimum atomic E-state index is 0.0340. The van der Waals surface area contributed by atoms with Crippen LogP contribution in [0.3, 0.4) is 0 Å². The first kappa shape index (κ1) is 53.5. The number of ether oxygens (including phenoxy) is 1. The summed E-state index contributed by atoms with van der Waals surface area (Å²) in [6.07, 6.45) is 66.9. The quantitative estimate of drug-likeness (QED) is 0.0456. The van der Waals surface area contributed by atoms with Crippen molar-refractivity contribution in [3.63, 3.8) is 0 Å². The van der Waals surface area contributed by atoms with Crippen molar-refractivity contribution in [3.8, 4) is 0 Å². The number of hydrogen-bond acceptors (Lipinski definition) is 2. The second kappa shape index (κ2) is 50.5. The third-order valence-corrected chi connectivity index (χ3v) is 12.2. The molecule has 0 aliphatic rings. The first-order valence-electron chi connectivity index (χ1n) is 26.0. The zero-order valence-corrected chi connectivity index (χ0v) is 38.0. The normalized spacial score (nSPS) is 11.5. The van der Waals surface area contributed by atoms with Gasteiger partial charge in [0.2, 0.25) is 0 Å². The van der Waals surface area contributed by atoms with E-state index in [4.69, 9.17) is 4.74 Å². The van der Waals surface area contributed by atoms with Gasteiger partial charge in [0, 0.05) is 6.42 Å². The molecule has 2 nitrogen and oxygen atoms in total. The molecule has 0 N–H and O–H groups in total. The van der Waals surface area contributed by atoms with E-state index in [2.05, 4.69) is 13.8 Å². The molecule has 0 aromatic carbocycles.